The summed E-state index contributed by atoms with van der Waals surface area (Å²) in [6, 6.07) is 0. The average Bonchev–Trinajstić information content (AvgIpc) is 2.93. The van der Waals surface area contributed by atoms with Crippen LogP contribution in [0, 0.1) is 34.5 Å². The van der Waals surface area contributed by atoms with E-state index in [0.717, 1.165) is 38.5 Å². The van der Waals surface area contributed by atoms with Crippen LogP contribution in [0.1, 0.15) is 59.3 Å². The standard InChI is InChI=1S/C21H30FNO3/c1-19-9-8-14-12(13(19)5-6-15(19)18(25)26)7-10-21(3)20(14,2)11-16(22)17(24)23(21)4/h11-15H,5-10H2,1-4H3,(H,25,26)/t12?,13-,14?,15+,19-,20+,21+/m0/s1. The lowest BCUT2D eigenvalue weighted by molar-refractivity contribution is -0.163. The van der Waals surface area contributed by atoms with Gasteiger partial charge < -0.3 is 10.0 Å². The van der Waals surface area contributed by atoms with Crippen molar-refractivity contribution in [3.63, 3.8) is 0 Å². The van der Waals surface area contributed by atoms with Gasteiger partial charge in [-0.15, -0.1) is 0 Å². The third kappa shape index (κ3) is 1.95. The van der Waals surface area contributed by atoms with Crippen molar-refractivity contribution in [3.05, 3.63) is 11.9 Å². The molecular formula is C21H30FNO3. The highest BCUT2D eigenvalue weighted by Gasteiger charge is 2.65. The second kappa shape index (κ2) is 5.32. The van der Waals surface area contributed by atoms with Crippen LogP contribution in [0.25, 0.3) is 0 Å². The fourth-order valence-corrected chi connectivity index (χ4v) is 7.46. The molecule has 0 bridgehead atoms. The molecule has 3 saturated carbocycles. The Kier molecular flexibility index (Phi) is 3.69. The molecule has 5 heteroatoms. The summed E-state index contributed by atoms with van der Waals surface area (Å²) in [5.41, 5.74) is -0.916. The summed E-state index contributed by atoms with van der Waals surface area (Å²) in [6.07, 6.45) is 6.97. The maximum Gasteiger partial charge on any atom is 0.307 e. The van der Waals surface area contributed by atoms with Crippen LogP contribution >= 0.6 is 0 Å². The fourth-order valence-electron chi connectivity index (χ4n) is 7.46. The van der Waals surface area contributed by atoms with E-state index in [9.17, 15) is 19.1 Å². The first kappa shape index (κ1) is 18.0. The maximum absolute atomic E-state index is 14.5. The monoisotopic (exact) mass is 363 g/mol. The van der Waals surface area contributed by atoms with Crippen LogP contribution in [0.2, 0.25) is 0 Å². The number of carboxylic acids is 1. The highest BCUT2D eigenvalue weighted by atomic mass is 19.1. The van der Waals surface area contributed by atoms with Crippen LogP contribution in [0.4, 0.5) is 4.39 Å². The zero-order valence-electron chi connectivity index (χ0n) is 16.2. The van der Waals surface area contributed by atoms with Gasteiger partial charge in [0, 0.05) is 18.0 Å². The minimum absolute atomic E-state index is 0.143. The van der Waals surface area contributed by atoms with Gasteiger partial charge >= 0.3 is 5.97 Å². The molecule has 1 N–H and O–H groups in total. The largest absolute Gasteiger partial charge is 0.481 e. The predicted molar refractivity (Wildman–Crippen MR) is 95.9 cm³/mol. The van der Waals surface area contributed by atoms with Crippen LogP contribution in [0.3, 0.4) is 0 Å². The molecule has 0 aromatic heterocycles. The predicted octanol–water partition coefficient (Wildman–Crippen LogP) is 4.01. The number of carbonyl (C=O) groups excluding carboxylic acids is 1. The summed E-state index contributed by atoms with van der Waals surface area (Å²) in [5.74, 6) is -0.933. The normalized spacial score (nSPS) is 50.6. The minimum atomic E-state index is -0.658. The van der Waals surface area contributed by atoms with E-state index in [-0.39, 0.29) is 16.9 Å². The molecule has 3 fully saturated rings. The summed E-state index contributed by atoms with van der Waals surface area (Å²) in [7, 11) is 1.73. The topological polar surface area (TPSA) is 57.6 Å². The molecule has 4 aliphatic rings. The molecule has 0 aromatic rings. The highest BCUT2D eigenvalue weighted by molar-refractivity contribution is 5.93. The lowest BCUT2D eigenvalue weighted by Crippen LogP contribution is -2.67. The van der Waals surface area contributed by atoms with Crippen LogP contribution in [-0.2, 0) is 9.59 Å². The number of halogens is 1. The molecule has 0 saturated heterocycles. The number of fused-ring (bicyclic) bond motifs is 5. The number of likely N-dealkylation sites (N-methyl/N-ethyl adjacent to an activating group) is 1. The van der Waals surface area contributed by atoms with Gasteiger partial charge in [0.25, 0.3) is 5.91 Å². The Morgan fingerprint density at radius 2 is 1.85 bits per heavy atom. The minimum Gasteiger partial charge on any atom is -0.481 e. The number of carbonyl (C=O) groups is 2. The number of nitrogens with zero attached hydrogens (tertiary/aromatic N) is 1. The summed E-state index contributed by atoms with van der Waals surface area (Å²) in [6.45, 7) is 6.40. The summed E-state index contributed by atoms with van der Waals surface area (Å²) < 4.78 is 14.5. The molecule has 4 rings (SSSR count). The van der Waals surface area contributed by atoms with Crippen LogP contribution < -0.4 is 0 Å². The van der Waals surface area contributed by atoms with Gasteiger partial charge in [-0.1, -0.05) is 13.8 Å². The first-order valence-corrected chi connectivity index (χ1v) is 9.95. The van der Waals surface area contributed by atoms with Gasteiger partial charge in [0.15, 0.2) is 5.83 Å². The van der Waals surface area contributed by atoms with Gasteiger partial charge in [-0.3, -0.25) is 9.59 Å². The Balaban J connectivity index is 1.75. The zero-order chi connectivity index (χ0) is 19.1. The first-order chi connectivity index (χ1) is 12.1. The molecule has 1 heterocycles. The lowest BCUT2D eigenvalue weighted by atomic mass is 9.44. The van der Waals surface area contributed by atoms with Crippen molar-refractivity contribution >= 4 is 11.9 Å². The first-order valence-electron chi connectivity index (χ1n) is 9.95. The molecule has 0 radical (unpaired) electrons. The van der Waals surface area contributed by atoms with Crippen molar-refractivity contribution in [2.45, 2.75) is 64.8 Å². The van der Waals surface area contributed by atoms with Gasteiger partial charge in [-0.2, -0.15) is 0 Å². The van der Waals surface area contributed by atoms with Crippen molar-refractivity contribution < 1.29 is 19.1 Å². The fraction of sp³-hybridized carbons (Fsp3) is 0.810. The molecule has 1 aliphatic heterocycles. The number of hydrogen-bond donors (Lipinski definition) is 1. The summed E-state index contributed by atoms with van der Waals surface area (Å²) in [5, 5.41) is 9.69. The van der Waals surface area contributed by atoms with Crippen LogP contribution in [0.5, 0.6) is 0 Å². The molecule has 4 nitrogen and oxygen atoms in total. The Morgan fingerprint density at radius 1 is 1.15 bits per heavy atom. The molecule has 0 aromatic carbocycles. The number of aliphatic carboxylic acids is 1. The molecule has 3 aliphatic carbocycles. The number of rotatable bonds is 1. The van der Waals surface area contributed by atoms with E-state index < -0.39 is 23.1 Å². The molecule has 2 unspecified atom stereocenters. The summed E-state index contributed by atoms with van der Waals surface area (Å²) in [4.78, 5) is 25.7. The highest BCUT2D eigenvalue weighted by Crippen LogP contribution is 2.67. The van der Waals surface area contributed by atoms with Crippen molar-refractivity contribution in [2.75, 3.05) is 7.05 Å². The Morgan fingerprint density at radius 3 is 2.50 bits per heavy atom. The third-order valence-electron chi connectivity index (χ3n) is 9.31. The van der Waals surface area contributed by atoms with E-state index in [2.05, 4.69) is 20.8 Å². The second-order valence-electron chi connectivity index (χ2n) is 9.84. The zero-order valence-corrected chi connectivity index (χ0v) is 16.2. The smallest absolute Gasteiger partial charge is 0.307 e. The van der Waals surface area contributed by atoms with Crippen molar-refractivity contribution in [3.8, 4) is 0 Å². The van der Waals surface area contributed by atoms with Crippen molar-refractivity contribution in [1.29, 1.82) is 0 Å². The quantitative estimate of drug-likeness (QED) is 0.766. The van der Waals surface area contributed by atoms with Gasteiger partial charge in [0.05, 0.1) is 5.92 Å². The third-order valence-corrected chi connectivity index (χ3v) is 9.31. The molecule has 26 heavy (non-hydrogen) atoms. The van der Waals surface area contributed by atoms with Gasteiger partial charge in [0.2, 0.25) is 0 Å². The molecular weight excluding hydrogens is 333 g/mol. The average molecular weight is 363 g/mol. The molecule has 144 valence electrons. The SMILES string of the molecule is CN1C(=O)C(F)=C[C@]2(C)C3CC[C@]4(C)[C@@H](C(=O)O)CC[C@H]4C3CC[C@@]12C. The Labute approximate surface area is 154 Å². The molecule has 1 amide bonds. The van der Waals surface area contributed by atoms with E-state index in [1.54, 1.807) is 18.0 Å². The number of amides is 1. The summed E-state index contributed by atoms with van der Waals surface area (Å²) >= 11 is 0. The Bertz CT molecular complexity index is 705. The van der Waals surface area contributed by atoms with Crippen LogP contribution in [-0.4, -0.2) is 34.5 Å². The Hall–Kier alpha value is -1.39. The number of carboxylic acid groups (broad SMARTS) is 1. The van der Waals surface area contributed by atoms with Crippen LogP contribution in [0.15, 0.2) is 11.9 Å². The molecule has 7 atom stereocenters. The maximum atomic E-state index is 14.5. The van der Waals surface area contributed by atoms with E-state index in [1.165, 1.54) is 0 Å². The van der Waals surface area contributed by atoms with Crippen molar-refractivity contribution in [1.82, 2.24) is 4.90 Å². The van der Waals surface area contributed by atoms with E-state index in [4.69, 9.17) is 0 Å². The lowest BCUT2D eigenvalue weighted by Gasteiger charge is -2.64. The van der Waals surface area contributed by atoms with Gasteiger partial charge in [0.1, 0.15) is 0 Å². The number of hydrogen-bond acceptors (Lipinski definition) is 2. The van der Waals surface area contributed by atoms with E-state index in [1.807, 2.05) is 0 Å². The van der Waals surface area contributed by atoms with Crippen molar-refractivity contribution in [2.24, 2.45) is 34.5 Å². The second-order valence-corrected chi connectivity index (χ2v) is 9.84. The van der Waals surface area contributed by atoms with Gasteiger partial charge in [-0.25, -0.2) is 4.39 Å². The van der Waals surface area contributed by atoms with E-state index >= 15 is 0 Å². The van der Waals surface area contributed by atoms with E-state index in [0.29, 0.717) is 17.8 Å². The van der Waals surface area contributed by atoms with Gasteiger partial charge in [-0.05, 0) is 74.7 Å². The molecule has 0 spiro atoms.